The van der Waals surface area contributed by atoms with Crippen LogP contribution in [0.25, 0.3) is 0 Å². The summed E-state index contributed by atoms with van der Waals surface area (Å²) in [5.74, 6) is 1.61. The Morgan fingerprint density at radius 1 is 1.39 bits per heavy atom. The molecule has 7 heteroatoms. The normalized spacial score (nSPS) is 35.9. The van der Waals surface area contributed by atoms with Gasteiger partial charge in [-0.15, -0.1) is 0 Å². The molecule has 0 spiro atoms. The van der Waals surface area contributed by atoms with Crippen LogP contribution >= 0.6 is 0 Å². The van der Waals surface area contributed by atoms with Gasteiger partial charge in [-0.25, -0.2) is 5.25 Å². The summed E-state index contributed by atoms with van der Waals surface area (Å²) in [6, 6.07) is 0. The summed E-state index contributed by atoms with van der Waals surface area (Å²) in [5.41, 5.74) is 0. The molecule has 5 nitrogen and oxygen atoms in total. The van der Waals surface area contributed by atoms with Crippen molar-refractivity contribution in [2.45, 2.75) is 32.8 Å². The molecule has 0 aromatic carbocycles. The van der Waals surface area contributed by atoms with Gasteiger partial charge in [-0.1, -0.05) is 12.8 Å². The Kier molecular flexibility index (Phi) is 5.38. The van der Waals surface area contributed by atoms with E-state index in [2.05, 4.69) is 6.42 Å². The van der Waals surface area contributed by atoms with Crippen LogP contribution in [0.5, 0.6) is 0 Å². The van der Waals surface area contributed by atoms with E-state index in [1.807, 2.05) is 0 Å². The van der Waals surface area contributed by atoms with Crippen molar-refractivity contribution in [3.05, 3.63) is 11.7 Å². The van der Waals surface area contributed by atoms with Crippen LogP contribution < -0.4 is 0 Å². The summed E-state index contributed by atoms with van der Waals surface area (Å²) in [6.45, 7) is 2.53. The second-order valence-electron chi connectivity index (χ2n) is 4.96. The summed E-state index contributed by atoms with van der Waals surface area (Å²) in [5, 5.41) is -0.0903. The monoisotopic (exact) mass is 348 g/mol. The standard InChI is InChI=1S/C8H9O2.C3H7O3S.Y/c9-8-6-2-4-1-5(6)7(3-4)10-8;1-3(2)7(4,5)6;/h3-7H,1-2H2;1-2H3,(H,4,5,6);/q2*-1;/p-1. The fourth-order valence-corrected chi connectivity index (χ4v) is 2.66. The molecule has 4 atom stereocenters. The first kappa shape index (κ1) is 16.5. The molecule has 2 bridgehead atoms. The summed E-state index contributed by atoms with van der Waals surface area (Å²) in [7, 11) is -4.07. The molecule has 2 saturated carbocycles. The molecule has 3 aliphatic rings. The summed E-state index contributed by atoms with van der Waals surface area (Å²) < 4.78 is 34.4. The SMILES string of the molecule is C[C-](C)S(=O)(=O)[O-].O=C1OC2[CH-]C3CC1C2C3.[Y]. The van der Waals surface area contributed by atoms with E-state index in [1.165, 1.54) is 20.3 Å². The van der Waals surface area contributed by atoms with Crippen LogP contribution in [0.15, 0.2) is 0 Å². The number of hydrogen-bond donors (Lipinski definition) is 0. The van der Waals surface area contributed by atoms with E-state index < -0.39 is 10.1 Å². The topological polar surface area (TPSA) is 83.5 Å². The minimum atomic E-state index is -4.07. The first-order chi connectivity index (χ1) is 7.79. The van der Waals surface area contributed by atoms with Crippen LogP contribution in [0.2, 0.25) is 0 Å². The van der Waals surface area contributed by atoms with Crippen LogP contribution in [-0.4, -0.2) is 25.0 Å². The zero-order valence-electron chi connectivity index (χ0n) is 10.3. The van der Waals surface area contributed by atoms with Gasteiger partial charge in [0.15, 0.2) is 0 Å². The van der Waals surface area contributed by atoms with Crippen molar-refractivity contribution in [3.8, 4) is 0 Å². The van der Waals surface area contributed by atoms with Crippen LogP contribution in [0.4, 0.5) is 0 Å². The molecule has 1 heterocycles. The van der Waals surface area contributed by atoms with Crippen molar-refractivity contribution in [2.75, 3.05) is 0 Å². The zero-order valence-corrected chi connectivity index (χ0v) is 14.0. The van der Waals surface area contributed by atoms with Crippen molar-refractivity contribution in [1.82, 2.24) is 0 Å². The maximum Gasteiger partial charge on any atom is 0.306 e. The Morgan fingerprint density at radius 2 is 1.94 bits per heavy atom. The van der Waals surface area contributed by atoms with Crippen LogP contribution in [0.3, 0.4) is 0 Å². The second kappa shape index (κ2) is 5.86. The Hall–Kier alpha value is 0.484. The molecule has 0 aromatic rings. The zero-order chi connectivity index (χ0) is 12.8. The number of ether oxygens (including phenoxy) is 1. The van der Waals surface area contributed by atoms with Gasteiger partial charge >= 0.3 is 5.97 Å². The van der Waals surface area contributed by atoms with Crippen molar-refractivity contribution < 1.29 is 55.2 Å². The Morgan fingerprint density at radius 3 is 2.28 bits per heavy atom. The first-order valence-electron chi connectivity index (χ1n) is 5.60. The summed E-state index contributed by atoms with van der Waals surface area (Å²) in [4.78, 5) is 11.1. The van der Waals surface area contributed by atoms with E-state index in [-0.39, 0.29) is 56.0 Å². The summed E-state index contributed by atoms with van der Waals surface area (Å²) in [6.07, 6.45) is 4.70. The van der Waals surface area contributed by atoms with Gasteiger partial charge in [0.1, 0.15) is 0 Å². The molecule has 18 heavy (non-hydrogen) atoms. The van der Waals surface area contributed by atoms with E-state index >= 15 is 0 Å². The first-order valence-corrected chi connectivity index (χ1v) is 7.01. The number of carbonyl (C=O) groups excluding carboxylic acids is 1. The van der Waals surface area contributed by atoms with Crippen LogP contribution in [-0.2, 0) is 52.4 Å². The molecule has 1 aliphatic heterocycles. The fraction of sp³-hybridized carbons (Fsp3) is 0.727. The predicted octanol–water partition coefficient (Wildman–Crippen LogP) is 0.873. The number of carbonyl (C=O) groups is 1. The predicted molar refractivity (Wildman–Crippen MR) is 58.2 cm³/mol. The smallest absolute Gasteiger partial charge is 0.306 e. The largest absolute Gasteiger partial charge is 0.774 e. The van der Waals surface area contributed by atoms with Gasteiger partial charge in [0, 0.05) is 32.7 Å². The molecule has 3 rings (SSSR count). The van der Waals surface area contributed by atoms with Crippen molar-refractivity contribution in [2.24, 2.45) is 17.8 Å². The Balaban J connectivity index is 0.000000184. The number of esters is 1. The summed E-state index contributed by atoms with van der Waals surface area (Å²) >= 11 is 0. The number of rotatable bonds is 1. The maximum absolute atomic E-state index is 11.1. The fourth-order valence-electron chi connectivity index (χ4n) is 2.66. The Bertz CT molecular complexity index is 417. The third kappa shape index (κ3) is 3.32. The molecular formula is C11H15O5SY-3. The molecule has 0 aromatic heterocycles. The van der Waals surface area contributed by atoms with Gasteiger partial charge in [-0.2, -0.15) is 19.8 Å². The average molecular weight is 348 g/mol. The third-order valence-electron chi connectivity index (χ3n) is 3.59. The van der Waals surface area contributed by atoms with Gasteiger partial charge < -0.3 is 9.29 Å². The van der Waals surface area contributed by atoms with E-state index in [9.17, 15) is 17.8 Å². The molecule has 1 radical (unpaired) electrons. The second-order valence-corrected chi connectivity index (χ2v) is 6.68. The van der Waals surface area contributed by atoms with Gasteiger partial charge in [0.25, 0.3) is 0 Å². The molecule has 0 N–H and O–H groups in total. The average Bonchev–Trinajstić information content (AvgIpc) is 2.77. The van der Waals surface area contributed by atoms with E-state index in [0.717, 1.165) is 6.42 Å². The van der Waals surface area contributed by atoms with Crippen molar-refractivity contribution in [1.29, 1.82) is 0 Å². The van der Waals surface area contributed by atoms with E-state index in [1.54, 1.807) is 0 Å². The van der Waals surface area contributed by atoms with Crippen molar-refractivity contribution in [3.63, 3.8) is 0 Å². The molecule has 3 fully saturated rings. The van der Waals surface area contributed by atoms with Crippen LogP contribution in [0.1, 0.15) is 26.7 Å². The van der Waals surface area contributed by atoms with E-state index in [0.29, 0.717) is 11.8 Å². The minimum Gasteiger partial charge on any atom is -0.774 e. The number of fused-ring (bicyclic) bond motifs is 1. The molecule has 4 unspecified atom stereocenters. The van der Waals surface area contributed by atoms with Crippen LogP contribution in [0, 0.1) is 29.4 Å². The third-order valence-corrected chi connectivity index (χ3v) is 4.59. The molecule has 101 valence electrons. The number of hydrogen-bond acceptors (Lipinski definition) is 5. The molecule has 2 aliphatic carbocycles. The Labute approximate surface area is 133 Å². The minimum absolute atomic E-state index is 0. The quantitative estimate of drug-likeness (QED) is 0.399. The molecular weight excluding hydrogens is 333 g/mol. The van der Waals surface area contributed by atoms with Gasteiger partial charge in [-0.3, -0.25) is 19.6 Å². The van der Waals surface area contributed by atoms with Crippen molar-refractivity contribution >= 4 is 16.1 Å². The molecule has 1 saturated heterocycles. The molecule has 0 amide bonds. The van der Waals surface area contributed by atoms with Gasteiger partial charge in [-0.05, 0) is 22.1 Å². The van der Waals surface area contributed by atoms with E-state index in [4.69, 9.17) is 4.74 Å². The van der Waals surface area contributed by atoms with Gasteiger partial charge in [0.05, 0.1) is 5.92 Å². The van der Waals surface area contributed by atoms with Gasteiger partial charge in [0.2, 0.25) is 0 Å². The maximum atomic E-state index is 11.1.